The highest BCUT2D eigenvalue weighted by molar-refractivity contribution is 5.78. The smallest absolute Gasteiger partial charge is 0.134 e. The average molecular weight is 159 g/mol. The Bertz CT molecular complexity index is 123. The van der Waals surface area contributed by atoms with Crippen LogP contribution in [0.25, 0.3) is 0 Å². The van der Waals surface area contributed by atoms with Gasteiger partial charge in [0.15, 0.2) is 0 Å². The lowest BCUT2D eigenvalue weighted by Gasteiger charge is -2.20. The van der Waals surface area contributed by atoms with Crippen LogP contribution in [0, 0.1) is 0 Å². The molecule has 3 heteroatoms. The van der Waals surface area contributed by atoms with Crippen molar-refractivity contribution in [1.29, 1.82) is 0 Å². The van der Waals surface area contributed by atoms with E-state index in [1.165, 1.54) is 0 Å². The zero-order valence-corrected chi connectivity index (χ0v) is 7.50. The minimum atomic E-state index is -0.0116. The molecule has 0 aliphatic rings. The second-order valence-electron chi connectivity index (χ2n) is 2.90. The lowest BCUT2D eigenvalue weighted by molar-refractivity contribution is -0.120. The first-order chi connectivity index (χ1) is 5.11. The largest absolute Gasteiger partial charge is 0.395 e. The molecule has 0 aromatic carbocycles. The normalized spacial score (nSPS) is 13.5. The lowest BCUT2D eigenvalue weighted by atomic mass is 10.1. The van der Waals surface area contributed by atoms with E-state index in [4.69, 9.17) is 5.11 Å². The summed E-state index contributed by atoms with van der Waals surface area (Å²) in [5, 5.41) is 8.85. The molecule has 0 saturated heterocycles. The quantitative estimate of drug-likeness (QED) is 0.626. The Hall–Kier alpha value is -0.410. The maximum absolute atomic E-state index is 10.9. The monoisotopic (exact) mass is 159 g/mol. The van der Waals surface area contributed by atoms with E-state index in [1.54, 1.807) is 0 Å². The number of aliphatic hydroxyl groups excluding tert-OH is 1. The van der Waals surface area contributed by atoms with E-state index < -0.39 is 0 Å². The Balaban J connectivity index is 3.78. The minimum absolute atomic E-state index is 0.0116. The Labute approximate surface area is 68.0 Å². The van der Waals surface area contributed by atoms with Crippen LogP contribution in [0.15, 0.2) is 0 Å². The van der Waals surface area contributed by atoms with Crippen LogP contribution in [0.2, 0.25) is 0 Å². The molecule has 0 saturated carbocycles. The number of hydrogen-bond donors (Lipinski definition) is 1. The maximum atomic E-state index is 10.9. The molecule has 0 amide bonds. The first-order valence-electron chi connectivity index (χ1n) is 3.90. The highest BCUT2D eigenvalue weighted by atomic mass is 16.3. The fourth-order valence-electron chi connectivity index (χ4n) is 0.818. The molecule has 0 aromatic heterocycles. The zero-order valence-electron chi connectivity index (χ0n) is 7.50. The SMILES string of the molecule is CCC(=O)CC(CO)N(C)C. The number of ketones is 1. The van der Waals surface area contributed by atoms with Crippen molar-refractivity contribution in [2.75, 3.05) is 20.7 Å². The summed E-state index contributed by atoms with van der Waals surface area (Å²) in [5.41, 5.74) is 0. The molecule has 3 nitrogen and oxygen atoms in total. The molecule has 0 aliphatic carbocycles. The maximum Gasteiger partial charge on any atom is 0.134 e. The van der Waals surface area contributed by atoms with Gasteiger partial charge in [-0.1, -0.05) is 6.92 Å². The van der Waals surface area contributed by atoms with Gasteiger partial charge in [-0.2, -0.15) is 0 Å². The minimum Gasteiger partial charge on any atom is -0.395 e. The second kappa shape index (κ2) is 5.27. The Kier molecular flexibility index (Phi) is 5.07. The van der Waals surface area contributed by atoms with Crippen molar-refractivity contribution < 1.29 is 9.90 Å². The zero-order chi connectivity index (χ0) is 8.85. The van der Waals surface area contributed by atoms with Gasteiger partial charge in [-0.25, -0.2) is 0 Å². The van der Waals surface area contributed by atoms with Gasteiger partial charge in [0.1, 0.15) is 5.78 Å². The van der Waals surface area contributed by atoms with E-state index in [0.717, 1.165) is 0 Å². The van der Waals surface area contributed by atoms with Crippen molar-refractivity contribution in [1.82, 2.24) is 4.90 Å². The molecule has 0 radical (unpaired) electrons. The predicted molar refractivity (Wildman–Crippen MR) is 44.5 cm³/mol. The van der Waals surface area contributed by atoms with Gasteiger partial charge < -0.3 is 10.0 Å². The molecule has 66 valence electrons. The molecule has 0 aromatic rings. The molecule has 11 heavy (non-hydrogen) atoms. The standard InChI is InChI=1S/C8H17NO2/c1-4-8(11)5-7(6-10)9(2)3/h7,10H,4-6H2,1-3H3. The van der Waals surface area contributed by atoms with Gasteiger partial charge in [-0.05, 0) is 14.1 Å². The molecule has 0 spiro atoms. The third kappa shape index (κ3) is 4.11. The highest BCUT2D eigenvalue weighted by Gasteiger charge is 2.12. The second-order valence-corrected chi connectivity index (χ2v) is 2.90. The van der Waals surface area contributed by atoms with Gasteiger partial charge in [0, 0.05) is 18.9 Å². The molecular weight excluding hydrogens is 142 g/mol. The van der Waals surface area contributed by atoms with Crippen LogP contribution in [-0.2, 0) is 4.79 Å². The van der Waals surface area contributed by atoms with Crippen molar-refractivity contribution in [2.24, 2.45) is 0 Å². The summed E-state index contributed by atoms with van der Waals surface area (Å²) >= 11 is 0. The van der Waals surface area contributed by atoms with E-state index in [-0.39, 0.29) is 18.4 Å². The van der Waals surface area contributed by atoms with Crippen LogP contribution in [0.3, 0.4) is 0 Å². The Morgan fingerprint density at radius 2 is 2.09 bits per heavy atom. The molecule has 0 aliphatic heterocycles. The molecule has 0 fully saturated rings. The number of nitrogens with zero attached hydrogens (tertiary/aromatic N) is 1. The van der Waals surface area contributed by atoms with E-state index in [2.05, 4.69) is 0 Å². The summed E-state index contributed by atoms with van der Waals surface area (Å²) < 4.78 is 0. The van der Waals surface area contributed by atoms with Gasteiger partial charge in [-0.15, -0.1) is 0 Å². The predicted octanol–water partition coefficient (Wildman–Crippen LogP) is 0.278. The van der Waals surface area contributed by atoms with Crippen LogP contribution >= 0.6 is 0 Å². The third-order valence-corrected chi connectivity index (χ3v) is 1.80. The molecule has 1 unspecified atom stereocenters. The van der Waals surface area contributed by atoms with Crippen molar-refractivity contribution >= 4 is 5.78 Å². The van der Waals surface area contributed by atoms with Crippen LogP contribution < -0.4 is 0 Å². The van der Waals surface area contributed by atoms with Crippen LogP contribution in [-0.4, -0.2) is 42.5 Å². The number of rotatable bonds is 5. The number of Topliss-reactive ketones (excluding diaryl/α,β-unsaturated/α-hetero) is 1. The number of likely N-dealkylation sites (N-methyl/N-ethyl adjacent to an activating group) is 1. The summed E-state index contributed by atoms with van der Waals surface area (Å²) in [7, 11) is 3.73. The first kappa shape index (κ1) is 10.6. The van der Waals surface area contributed by atoms with Gasteiger partial charge in [0.25, 0.3) is 0 Å². The van der Waals surface area contributed by atoms with Crippen molar-refractivity contribution in [3.63, 3.8) is 0 Å². The van der Waals surface area contributed by atoms with Crippen molar-refractivity contribution in [3.8, 4) is 0 Å². The number of carbonyl (C=O) groups excluding carboxylic acids is 1. The van der Waals surface area contributed by atoms with E-state index in [0.29, 0.717) is 12.8 Å². The topological polar surface area (TPSA) is 40.5 Å². The van der Waals surface area contributed by atoms with Gasteiger partial charge in [0.05, 0.1) is 6.61 Å². The van der Waals surface area contributed by atoms with Crippen LogP contribution in [0.5, 0.6) is 0 Å². The highest BCUT2D eigenvalue weighted by Crippen LogP contribution is 2.00. The molecule has 1 N–H and O–H groups in total. The fourth-order valence-corrected chi connectivity index (χ4v) is 0.818. The number of aliphatic hydroxyl groups is 1. The van der Waals surface area contributed by atoms with Gasteiger partial charge >= 0.3 is 0 Å². The van der Waals surface area contributed by atoms with Crippen molar-refractivity contribution in [2.45, 2.75) is 25.8 Å². The number of carbonyl (C=O) groups is 1. The molecule has 0 heterocycles. The lowest BCUT2D eigenvalue weighted by Crippen LogP contribution is -2.33. The van der Waals surface area contributed by atoms with Gasteiger partial charge in [-0.3, -0.25) is 4.79 Å². The first-order valence-corrected chi connectivity index (χ1v) is 3.90. The molecule has 1 atom stereocenters. The van der Waals surface area contributed by atoms with Crippen molar-refractivity contribution in [3.05, 3.63) is 0 Å². The Morgan fingerprint density at radius 1 is 1.55 bits per heavy atom. The Morgan fingerprint density at radius 3 is 2.36 bits per heavy atom. The van der Waals surface area contributed by atoms with Crippen LogP contribution in [0.1, 0.15) is 19.8 Å². The summed E-state index contributed by atoms with van der Waals surface area (Å²) in [6, 6.07) is -0.0116. The van der Waals surface area contributed by atoms with E-state index in [1.807, 2.05) is 25.9 Å². The average Bonchev–Trinajstić information content (AvgIpc) is 1.99. The fraction of sp³-hybridized carbons (Fsp3) is 0.875. The number of hydrogen-bond acceptors (Lipinski definition) is 3. The molecular formula is C8H17NO2. The molecule has 0 bridgehead atoms. The van der Waals surface area contributed by atoms with E-state index in [9.17, 15) is 4.79 Å². The van der Waals surface area contributed by atoms with E-state index >= 15 is 0 Å². The summed E-state index contributed by atoms with van der Waals surface area (Å²) in [6.07, 6.45) is 1.02. The summed E-state index contributed by atoms with van der Waals surface area (Å²) in [6.45, 7) is 1.89. The summed E-state index contributed by atoms with van der Waals surface area (Å²) in [5.74, 6) is 0.206. The molecule has 0 rings (SSSR count). The third-order valence-electron chi connectivity index (χ3n) is 1.80. The summed E-state index contributed by atoms with van der Waals surface area (Å²) in [4.78, 5) is 12.8. The van der Waals surface area contributed by atoms with Crippen LogP contribution in [0.4, 0.5) is 0 Å². The van der Waals surface area contributed by atoms with Gasteiger partial charge in [0.2, 0.25) is 0 Å².